The molecule has 266 valence electrons. The zero-order valence-electron chi connectivity index (χ0n) is 31.1. The molecule has 8 rings (SSSR count). The molecule has 0 spiro atoms. The molecule has 7 nitrogen and oxygen atoms in total. The first-order valence-electron chi connectivity index (χ1n) is 18.4. The maximum Gasteiger partial charge on any atom is 0.331 e. The molecule has 0 amide bonds. The number of benzene rings is 1. The number of nitrogens with zero attached hydrogens (tertiary/aromatic N) is 1. The fourth-order valence-corrected chi connectivity index (χ4v) is 12.4. The molecule has 0 saturated heterocycles. The first kappa shape index (κ1) is 33.7. The number of hydrogen-bond acceptors (Lipinski definition) is 5. The lowest BCUT2D eigenvalue weighted by Gasteiger charge is -2.64. The summed E-state index contributed by atoms with van der Waals surface area (Å²) in [7, 11) is 0. The van der Waals surface area contributed by atoms with Crippen LogP contribution in [0.5, 0.6) is 5.75 Å². The summed E-state index contributed by atoms with van der Waals surface area (Å²) in [5.74, 6) is -0.501. The quantitative estimate of drug-likeness (QED) is 0.163. The molecule has 4 N–H and O–H groups in total. The van der Waals surface area contributed by atoms with Gasteiger partial charge in [-0.25, -0.2) is 4.79 Å². The molecule has 5 aliphatic rings. The SMILES string of the molecule is C=C(C)c1c(O)c2c3c(cc4c5c(n1c42)C1(C)C(CCC2[C@](C)(C=CC=C(C)C(=O)O)[C@@H](O)CC[C@@]21C)C5)C1=CC(C)(C)OC(C)(C)C1[C@@H]3O. The first-order chi connectivity index (χ1) is 23.2. The van der Waals surface area contributed by atoms with Crippen molar-refractivity contribution in [2.24, 2.45) is 28.6 Å². The van der Waals surface area contributed by atoms with Gasteiger partial charge in [0.05, 0.1) is 34.6 Å². The summed E-state index contributed by atoms with van der Waals surface area (Å²) < 4.78 is 8.85. The second kappa shape index (κ2) is 10.1. The van der Waals surface area contributed by atoms with Crippen molar-refractivity contribution in [3.05, 3.63) is 70.6 Å². The fourth-order valence-electron chi connectivity index (χ4n) is 12.4. The molecule has 0 radical (unpaired) electrons. The largest absolute Gasteiger partial charge is 0.505 e. The van der Waals surface area contributed by atoms with Crippen LogP contribution in [0.1, 0.15) is 122 Å². The van der Waals surface area contributed by atoms with Crippen molar-refractivity contribution in [2.45, 2.75) is 123 Å². The minimum Gasteiger partial charge on any atom is -0.505 e. The second-order valence-corrected chi connectivity index (χ2v) is 18.2. The lowest BCUT2D eigenvalue weighted by Crippen LogP contribution is -2.62. The van der Waals surface area contributed by atoms with E-state index < -0.39 is 34.8 Å². The first-order valence-corrected chi connectivity index (χ1v) is 18.4. The van der Waals surface area contributed by atoms with E-state index in [0.29, 0.717) is 18.0 Å². The molecule has 3 aromatic rings. The zero-order valence-corrected chi connectivity index (χ0v) is 31.1. The second-order valence-electron chi connectivity index (χ2n) is 18.2. The van der Waals surface area contributed by atoms with Gasteiger partial charge in [0.25, 0.3) is 0 Å². The normalized spacial score (nSPS) is 37.1. The molecule has 4 unspecified atom stereocenters. The number of hydrogen-bond donors (Lipinski definition) is 4. The van der Waals surface area contributed by atoms with Crippen molar-refractivity contribution < 1.29 is 30.0 Å². The molecule has 3 heterocycles. The van der Waals surface area contributed by atoms with Crippen LogP contribution in [0.4, 0.5) is 0 Å². The predicted octanol–water partition coefficient (Wildman–Crippen LogP) is 8.50. The van der Waals surface area contributed by atoms with Crippen molar-refractivity contribution in [1.82, 2.24) is 4.40 Å². The topological polar surface area (TPSA) is 112 Å². The summed E-state index contributed by atoms with van der Waals surface area (Å²) >= 11 is 0. The number of carbonyl (C=O) groups is 1. The number of rotatable bonds is 4. The Hall–Kier alpha value is -3.39. The Bertz CT molecular complexity index is 2110. The maximum absolute atomic E-state index is 12.3. The number of carboxylic acids is 1. The van der Waals surface area contributed by atoms with Crippen LogP contribution >= 0.6 is 0 Å². The van der Waals surface area contributed by atoms with Gasteiger partial charge >= 0.3 is 5.97 Å². The van der Waals surface area contributed by atoms with Gasteiger partial charge in [-0.15, -0.1) is 0 Å². The lowest BCUT2D eigenvalue weighted by molar-refractivity contribution is -0.144. The third kappa shape index (κ3) is 3.95. The van der Waals surface area contributed by atoms with Gasteiger partial charge in [0, 0.05) is 44.4 Å². The summed E-state index contributed by atoms with van der Waals surface area (Å²) in [6, 6.07) is 2.31. The summed E-state index contributed by atoms with van der Waals surface area (Å²) in [5.41, 5.74) is 6.01. The predicted molar refractivity (Wildman–Crippen MR) is 197 cm³/mol. The van der Waals surface area contributed by atoms with Crippen molar-refractivity contribution in [3.63, 3.8) is 0 Å². The van der Waals surface area contributed by atoms with E-state index in [1.807, 2.05) is 13.0 Å². The average Bonchev–Trinajstić information content (AvgIpc) is 3.67. The minimum absolute atomic E-state index is 0.141. The number of aliphatic carboxylic acids is 1. The molecule has 1 aliphatic heterocycles. The van der Waals surface area contributed by atoms with E-state index in [9.17, 15) is 25.2 Å². The van der Waals surface area contributed by atoms with Gasteiger partial charge in [0.2, 0.25) is 0 Å². The number of aliphatic hydroxyl groups is 2. The highest BCUT2D eigenvalue weighted by Gasteiger charge is 2.67. The molecule has 1 aromatic carbocycles. The minimum atomic E-state index is -0.947. The van der Waals surface area contributed by atoms with Gasteiger partial charge in [-0.3, -0.25) is 0 Å². The van der Waals surface area contributed by atoms with Crippen molar-refractivity contribution in [1.29, 1.82) is 0 Å². The Kier molecular flexibility index (Phi) is 6.84. The zero-order chi connectivity index (χ0) is 36.2. The lowest BCUT2D eigenvalue weighted by atomic mass is 9.40. The molecule has 2 fully saturated rings. The van der Waals surface area contributed by atoms with E-state index in [0.717, 1.165) is 64.2 Å². The molecule has 2 aromatic heterocycles. The van der Waals surface area contributed by atoms with Crippen molar-refractivity contribution in [3.8, 4) is 5.75 Å². The number of fused-ring (bicyclic) bond motifs is 11. The van der Waals surface area contributed by atoms with Crippen LogP contribution in [-0.4, -0.2) is 48.1 Å². The standard InChI is InChI=1S/C43H53NO6/c1-21(2)33-36(47)31-30-24(27-20-39(4,5)50-40(6,7)32(27)35(30)46)19-25-26-18-23-13-14-28-41(8,16-11-12-22(3)38(48)49)29(45)15-17-42(28,9)43(23,10)37(26)44(33)34(25)31/h11-12,16,19-20,23,28-29,32,35,45-47H,1,13-15,17-18H2,2-10H3,(H,48,49)/t23?,28?,29-,32?,35+,41-,42-,43?/m0/s1. The summed E-state index contributed by atoms with van der Waals surface area (Å²) in [4.78, 5) is 11.5. The third-order valence-electron chi connectivity index (χ3n) is 14.6. The number of allylic oxidation sites excluding steroid dienone is 3. The molecule has 2 saturated carbocycles. The summed E-state index contributed by atoms with van der Waals surface area (Å²) in [6.07, 6.45) is 10.7. The Balaban J connectivity index is 1.38. The summed E-state index contributed by atoms with van der Waals surface area (Å²) in [5, 5.41) is 47.4. The van der Waals surface area contributed by atoms with Crippen molar-refractivity contribution in [2.75, 3.05) is 0 Å². The Morgan fingerprint density at radius 1 is 1.06 bits per heavy atom. The molecule has 7 heteroatoms. The molecule has 4 aliphatic carbocycles. The van der Waals surface area contributed by atoms with E-state index in [1.165, 1.54) is 11.3 Å². The molecular weight excluding hydrogens is 626 g/mol. The highest BCUT2D eigenvalue weighted by Crippen LogP contribution is 2.71. The fraction of sp³-hybridized carbons (Fsp3) is 0.558. The highest BCUT2D eigenvalue weighted by molar-refractivity contribution is 6.11. The smallest absolute Gasteiger partial charge is 0.331 e. The number of ether oxygens (including phenoxy) is 1. The number of aromatic hydroxyl groups is 1. The molecule has 0 bridgehead atoms. The van der Waals surface area contributed by atoms with Gasteiger partial charge < -0.3 is 29.6 Å². The number of carboxylic acid groups (broad SMARTS) is 1. The third-order valence-corrected chi connectivity index (χ3v) is 14.6. The van der Waals surface area contributed by atoms with Gasteiger partial charge in [-0.1, -0.05) is 45.6 Å². The van der Waals surface area contributed by atoms with Crippen LogP contribution in [0.25, 0.3) is 27.4 Å². The number of aliphatic hydroxyl groups excluding tert-OH is 2. The maximum atomic E-state index is 12.3. The van der Waals surface area contributed by atoms with Gasteiger partial charge in [-0.05, 0) is 125 Å². The monoisotopic (exact) mass is 679 g/mol. The molecule has 50 heavy (non-hydrogen) atoms. The van der Waals surface area contributed by atoms with E-state index in [4.69, 9.17) is 4.74 Å². The van der Waals surface area contributed by atoms with E-state index in [2.05, 4.69) is 77.7 Å². The molecule has 8 atom stereocenters. The number of aromatic nitrogens is 1. The van der Waals surface area contributed by atoms with Gasteiger partial charge in [0.15, 0.2) is 0 Å². The van der Waals surface area contributed by atoms with Crippen LogP contribution in [0.2, 0.25) is 0 Å². The summed E-state index contributed by atoms with van der Waals surface area (Å²) in [6.45, 7) is 23.2. The highest BCUT2D eigenvalue weighted by atomic mass is 16.5. The molecular formula is C43H53NO6. The Morgan fingerprint density at radius 3 is 2.42 bits per heavy atom. The van der Waals surface area contributed by atoms with E-state index in [-0.39, 0.29) is 34.0 Å². The average molecular weight is 680 g/mol. The van der Waals surface area contributed by atoms with Crippen LogP contribution in [-0.2, 0) is 21.4 Å². The Morgan fingerprint density at radius 2 is 1.76 bits per heavy atom. The van der Waals surface area contributed by atoms with E-state index in [1.54, 1.807) is 13.0 Å². The van der Waals surface area contributed by atoms with Crippen LogP contribution in [0.15, 0.2) is 42.5 Å². The van der Waals surface area contributed by atoms with Gasteiger partial charge in [0.1, 0.15) is 5.75 Å². The van der Waals surface area contributed by atoms with Crippen LogP contribution < -0.4 is 0 Å². The van der Waals surface area contributed by atoms with E-state index >= 15 is 0 Å². The van der Waals surface area contributed by atoms with Gasteiger partial charge in [-0.2, -0.15) is 0 Å². The van der Waals surface area contributed by atoms with Crippen molar-refractivity contribution >= 4 is 33.4 Å². The van der Waals surface area contributed by atoms with Crippen LogP contribution in [0, 0.1) is 28.6 Å². The van der Waals surface area contributed by atoms with Crippen LogP contribution in [0.3, 0.4) is 0 Å². The Labute approximate surface area is 295 Å².